The van der Waals surface area contributed by atoms with Gasteiger partial charge in [-0.2, -0.15) is 11.8 Å². The SMILES string of the molecule is CCC1CN(C(=NC)NCCc2cc(C)ccc2OC)CCS1. The van der Waals surface area contributed by atoms with E-state index in [1.165, 1.54) is 23.3 Å². The van der Waals surface area contributed by atoms with Crippen LogP contribution >= 0.6 is 11.8 Å². The Hall–Kier alpha value is -1.36. The van der Waals surface area contributed by atoms with Crippen LogP contribution in [-0.2, 0) is 6.42 Å². The number of benzene rings is 1. The van der Waals surface area contributed by atoms with E-state index in [4.69, 9.17) is 4.74 Å². The molecule has 23 heavy (non-hydrogen) atoms. The van der Waals surface area contributed by atoms with E-state index in [1.54, 1.807) is 7.11 Å². The molecule has 4 nitrogen and oxygen atoms in total. The number of nitrogens with zero attached hydrogens (tertiary/aromatic N) is 2. The van der Waals surface area contributed by atoms with Crippen LogP contribution in [0, 0.1) is 6.92 Å². The van der Waals surface area contributed by atoms with Crippen LogP contribution in [0.5, 0.6) is 5.75 Å². The average Bonchev–Trinajstić information content (AvgIpc) is 2.59. The third-order valence-corrected chi connectivity index (χ3v) is 5.59. The number of thioether (sulfide) groups is 1. The molecule has 5 heteroatoms. The zero-order chi connectivity index (χ0) is 16.7. The van der Waals surface area contributed by atoms with Gasteiger partial charge < -0.3 is 15.0 Å². The molecule has 1 heterocycles. The van der Waals surface area contributed by atoms with Gasteiger partial charge in [0.2, 0.25) is 0 Å². The Morgan fingerprint density at radius 1 is 1.48 bits per heavy atom. The number of nitrogens with one attached hydrogen (secondary N) is 1. The highest BCUT2D eigenvalue weighted by molar-refractivity contribution is 8.00. The van der Waals surface area contributed by atoms with Crippen molar-refractivity contribution in [2.75, 3.05) is 39.5 Å². The van der Waals surface area contributed by atoms with Crippen molar-refractivity contribution in [2.45, 2.75) is 31.9 Å². The first-order chi connectivity index (χ1) is 11.2. The van der Waals surface area contributed by atoms with Gasteiger partial charge in [0.15, 0.2) is 5.96 Å². The van der Waals surface area contributed by atoms with Crippen molar-refractivity contribution in [1.29, 1.82) is 0 Å². The van der Waals surface area contributed by atoms with E-state index >= 15 is 0 Å². The minimum absolute atomic E-state index is 0.721. The standard InChI is InChI=1S/C18H29N3OS/c1-5-16-13-21(10-11-23-16)18(19-3)20-9-8-15-12-14(2)6-7-17(15)22-4/h6-7,12,16H,5,8-11,13H2,1-4H3,(H,19,20). The molecule has 1 saturated heterocycles. The van der Waals surface area contributed by atoms with Crippen molar-refractivity contribution < 1.29 is 4.74 Å². The molecule has 1 unspecified atom stereocenters. The maximum absolute atomic E-state index is 5.46. The topological polar surface area (TPSA) is 36.9 Å². The van der Waals surface area contributed by atoms with Crippen molar-refractivity contribution in [3.8, 4) is 5.75 Å². The van der Waals surface area contributed by atoms with Gasteiger partial charge in [0.25, 0.3) is 0 Å². The van der Waals surface area contributed by atoms with Crippen LogP contribution in [0.15, 0.2) is 23.2 Å². The van der Waals surface area contributed by atoms with E-state index < -0.39 is 0 Å². The molecule has 0 radical (unpaired) electrons. The Kier molecular flexibility index (Phi) is 7.09. The van der Waals surface area contributed by atoms with Gasteiger partial charge in [-0.05, 0) is 31.4 Å². The van der Waals surface area contributed by atoms with Crippen molar-refractivity contribution >= 4 is 17.7 Å². The molecule has 1 aromatic rings. The molecule has 128 valence electrons. The molecule has 0 bridgehead atoms. The highest BCUT2D eigenvalue weighted by Gasteiger charge is 2.21. The maximum Gasteiger partial charge on any atom is 0.193 e. The molecule has 2 rings (SSSR count). The second-order valence-corrected chi connectivity index (χ2v) is 7.29. The highest BCUT2D eigenvalue weighted by Crippen LogP contribution is 2.21. The fourth-order valence-corrected chi connectivity index (χ4v) is 4.08. The Morgan fingerprint density at radius 3 is 3.00 bits per heavy atom. The molecular weight excluding hydrogens is 306 g/mol. The van der Waals surface area contributed by atoms with Gasteiger partial charge in [-0.25, -0.2) is 0 Å². The number of guanidine groups is 1. The molecule has 0 aromatic heterocycles. The molecule has 1 atom stereocenters. The summed E-state index contributed by atoms with van der Waals surface area (Å²) in [5.74, 6) is 3.17. The number of hydrogen-bond acceptors (Lipinski definition) is 3. The van der Waals surface area contributed by atoms with E-state index in [2.05, 4.69) is 53.0 Å². The van der Waals surface area contributed by atoms with Gasteiger partial charge in [-0.15, -0.1) is 0 Å². The first-order valence-electron chi connectivity index (χ1n) is 8.38. The number of hydrogen-bond donors (Lipinski definition) is 1. The summed E-state index contributed by atoms with van der Waals surface area (Å²) in [6.07, 6.45) is 2.16. The highest BCUT2D eigenvalue weighted by atomic mass is 32.2. The largest absolute Gasteiger partial charge is 0.496 e. The molecule has 1 fully saturated rings. The summed E-state index contributed by atoms with van der Waals surface area (Å²) in [6.45, 7) is 7.42. The zero-order valence-corrected chi connectivity index (χ0v) is 15.6. The van der Waals surface area contributed by atoms with Crippen LogP contribution in [0.3, 0.4) is 0 Å². The fourth-order valence-electron chi connectivity index (χ4n) is 2.90. The lowest BCUT2D eigenvalue weighted by Crippen LogP contribution is -2.48. The number of rotatable bonds is 5. The van der Waals surface area contributed by atoms with E-state index in [1.807, 2.05) is 13.1 Å². The summed E-state index contributed by atoms with van der Waals surface area (Å²) in [7, 11) is 3.61. The van der Waals surface area contributed by atoms with Crippen LogP contribution < -0.4 is 10.1 Å². The number of methoxy groups -OCH3 is 1. The van der Waals surface area contributed by atoms with Gasteiger partial charge >= 0.3 is 0 Å². The van der Waals surface area contributed by atoms with Crippen molar-refractivity contribution in [3.63, 3.8) is 0 Å². The maximum atomic E-state index is 5.46. The lowest BCUT2D eigenvalue weighted by molar-refractivity contribution is 0.404. The van der Waals surface area contributed by atoms with E-state index in [0.29, 0.717) is 0 Å². The second kappa shape index (κ2) is 9.06. The number of aryl methyl sites for hydroxylation is 1. The third-order valence-electron chi connectivity index (χ3n) is 4.22. The van der Waals surface area contributed by atoms with Gasteiger partial charge in [0, 0.05) is 37.7 Å². The quantitative estimate of drug-likeness (QED) is 0.663. The van der Waals surface area contributed by atoms with Crippen molar-refractivity contribution in [1.82, 2.24) is 10.2 Å². The molecule has 0 aliphatic carbocycles. The van der Waals surface area contributed by atoms with E-state index in [-0.39, 0.29) is 0 Å². The molecule has 0 spiro atoms. The normalized spacial score (nSPS) is 18.9. The van der Waals surface area contributed by atoms with E-state index in [0.717, 1.165) is 43.0 Å². The summed E-state index contributed by atoms with van der Waals surface area (Å²) in [6, 6.07) is 6.34. The van der Waals surface area contributed by atoms with Crippen molar-refractivity contribution in [2.24, 2.45) is 4.99 Å². The molecular formula is C18H29N3OS. The second-order valence-electron chi connectivity index (χ2n) is 5.89. The molecule has 1 aliphatic heterocycles. The minimum atomic E-state index is 0.721. The predicted octanol–water partition coefficient (Wildman–Crippen LogP) is 2.95. The summed E-state index contributed by atoms with van der Waals surface area (Å²) in [4.78, 5) is 6.85. The molecule has 1 N–H and O–H groups in total. The van der Waals surface area contributed by atoms with E-state index in [9.17, 15) is 0 Å². The van der Waals surface area contributed by atoms with Crippen LogP contribution in [0.1, 0.15) is 24.5 Å². The first-order valence-corrected chi connectivity index (χ1v) is 9.43. The Bertz CT molecular complexity index is 533. The lowest BCUT2D eigenvalue weighted by Gasteiger charge is -2.34. The molecule has 0 amide bonds. The smallest absolute Gasteiger partial charge is 0.193 e. The summed E-state index contributed by atoms with van der Waals surface area (Å²) >= 11 is 2.08. The summed E-state index contributed by atoms with van der Waals surface area (Å²) < 4.78 is 5.46. The van der Waals surface area contributed by atoms with Gasteiger partial charge in [-0.1, -0.05) is 24.6 Å². The molecule has 1 aliphatic rings. The summed E-state index contributed by atoms with van der Waals surface area (Å²) in [5, 5.41) is 4.24. The first kappa shape index (κ1) is 18.0. The predicted molar refractivity (Wildman–Crippen MR) is 101 cm³/mol. The number of ether oxygens (including phenoxy) is 1. The summed E-state index contributed by atoms with van der Waals surface area (Å²) in [5.41, 5.74) is 2.51. The van der Waals surface area contributed by atoms with Crippen LogP contribution in [-0.4, -0.2) is 55.7 Å². The lowest BCUT2D eigenvalue weighted by atomic mass is 10.1. The molecule has 1 aromatic carbocycles. The monoisotopic (exact) mass is 335 g/mol. The van der Waals surface area contributed by atoms with Crippen molar-refractivity contribution in [3.05, 3.63) is 29.3 Å². The van der Waals surface area contributed by atoms with Crippen LogP contribution in [0.4, 0.5) is 0 Å². The fraction of sp³-hybridized carbons (Fsp3) is 0.611. The Balaban J connectivity index is 1.90. The van der Waals surface area contributed by atoms with Crippen LogP contribution in [0.25, 0.3) is 0 Å². The number of aliphatic imine (C=N–C) groups is 1. The van der Waals surface area contributed by atoms with Crippen LogP contribution in [0.2, 0.25) is 0 Å². The zero-order valence-electron chi connectivity index (χ0n) is 14.8. The third kappa shape index (κ3) is 5.06. The Morgan fingerprint density at radius 2 is 2.30 bits per heavy atom. The van der Waals surface area contributed by atoms with Gasteiger partial charge in [-0.3, -0.25) is 4.99 Å². The average molecular weight is 336 g/mol. The van der Waals surface area contributed by atoms with Gasteiger partial charge in [0.05, 0.1) is 7.11 Å². The minimum Gasteiger partial charge on any atom is -0.496 e. The Labute approximate surface area is 144 Å². The molecule has 0 saturated carbocycles. The van der Waals surface area contributed by atoms with Gasteiger partial charge in [0.1, 0.15) is 5.75 Å².